The number of hydrogen-bond donors (Lipinski definition) is 0. The second kappa shape index (κ2) is 9.05. The van der Waals surface area contributed by atoms with E-state index in [0.29, 0.717) is 23.4 Å². The summed E-state index contributed by atoms with van der Waals surface area (Å²) in [5, 5.41) is 9.48. The number of hydrogen-bond acceptors (Lipinski definition) is 5. The Bertz CT molecular complexity index is 998. The largest absolute Gasteiger partial charge is 0.462 e. The van der Waals surface area contributed by atoms with Gasteiger partial charge >= 0.3 is 5.97 Å². The lowest BCUT2D eigenvalue weighted by molar-refractivity contribution is -0.148. The minimum Gasteiger partial charge on any atom is -0.462 e. The van der Waals surface area contributed by atoms with E-state index >= 15 is 0 Å². The minimum absolute atomic E-state index is 0.00212. The molecule has 0 aliphatic heterocycles. The van der Waals surface area contributed by atoms with Crippen molar-refractivity contribution in [2.75, 3.05) is 0 Å². The van der Waals surface area contributed by atoms with Crippen LogP contribution in [0.25, 0.3) is 5.70 Å². The van der Waals surface area contributed by atoms with Crippen LogP contribution in [-0.2, 0) is 14.3 Å². The predicted octanol–water partition coefficient (Wildman–Crippen LogP) is 5.06. The minimum atomic E-state index is -0.194. The zero-order valence-corrected chi connectivity index (χ0v) is 19.3. The maximum absolute atomic E-state index is 12.1. The summed E-state index contributed by atoms with van der Waals surface area (Å²) in [7, 11) is 0. The molecule has 0 radical (unpaired) electrons. The third kappa shape index (κ3) is 4.05. The number of ether oxygens (including phenoxy) is 1. The van der Waals surface area contributed by atoms with Gasteiger partial charge in [-0.05, 0) is 68.1 Å². The SMILES string of the molecule is CC(=O)OC1CCC2(C)C(=CCC3C(C)CC(C=O)=C(n4cncc4C#N)CCCC32)C1. The van der Waals surface area contributed by atoms with Gasteiger partial charge in [0.15, 0.2) is 0 Å². The third-order valence-corrected chi connectivity index (χ3v) is 8.23. The average Bonchev–Trinajstić information content (AvgIpc) is 3.25. The smallest absolute Gasteiger partial charge is 0.302 e. The van der Waals surface area contributed by atoms with Crippen LogP contribution in [0.4, 0.5) is 0 Å². The summed E-state index contributed by atoms with van der Waals surface area (Å²) in [4.78, 5) is 27.8. The zero-order valence-electron chi connectivity index (χ0n) is 19.3. The second-order valence-corrected chi connectivity index (χ2v) is 10.1. The van der Waals surface area contributed by atoms with E-state index < -0.39 is 0 Å². The highest BCUT2D eigenvalue weighted by atomic mass is 16.5. The molecule has 5 atom stereocenters. The van der Waals surface area contributed by atoms with Crippen molar-refractivity contribution < 1.29 is 14.3 Å². The quantitative estimate of drug-likeness (QED) is 0.376. The molecule has 1 fully saturated rings. The van der Waals surface area contributed by atoms with E-state index in [9.17, 15) is 14.9 Å². The Morgan fingerprint density at radius 3 is 2.91 bits per heavy atom. The molecule has 0 amide bonds. The number of fused-ring (bicyclic) bond motifs is 3. The summed E-state index contributed by atoms with van der Waals surface area (Å²) < 4.78 is 7.36. The van der Waals surface area contributed by atoms with Crippen molar-refractivity contribution in [3.05, 3.63) is 35.4 Å². The van der Waals surface area contributed by atoms with E-state index in [1.165, 1.54) is 12.5 Å². The standard InChI is InChI=1S/C26H33N3O3/c1-17-11-19(15-30)25(29-16-28-14-21(29)13-27)6-4-5-24-23(17)8-7-20-12-22(32-18(2)31)9-10-26(20,24)3/h7,14-17,22-24H,4-6,8-12H2,1-3H3. The molecule has 6 nitrogen and oxygen atoms in total. The van der Waals surface area contributed by atoms with Gasteiger partial charge < -0.3 is 4.74 Å². The molecule has 0 bridgehead atoms. The lowest BCUT2D eigenvalue weighted by Crippen LogP contribution is -2.44. The fourth-order valence-corrected chi connectivity index (χ4v) is 6.60. The number of nitrogens with zero attached hydrogens (tertiary/aromatic N) is 3. The van der Waals surface area contributed by atoms with Gasteiger partial charge in [0.05, 0.1) is 12.5 Å². The van der Waals surface area contributed by atoms with Crippen molar-refractivity contribution in [1.29, 1.82) is 5.26 Å². The molecule has 6 heteroatoms. The van der Waals surface area contributed by atoms with Gasteiger partial charge in [-0.15, -0.1) is 0 Å². The zero-order chi connectivity index (χ0) is 22.9. The molecule has 32 heavy (non-hydrogen) atoms. The van der Waals surface area contributed by atoms with Crippen LogP contribution < -0.4 is 0 Å². The summed E-state index contributed by atoms with van der Waals surface area (Å²) in [5.74, 6) is 1.23. The third-order valence-electron chi connectivity index (χ3n) is 8.23. The Balaban J connectivity index is 1.62. The second-order valence-electron chi connectivity index (χ2n) is 10.1. The summed E-state index contributed by atoms with van der Waals surface area (Å²) in [6.07, 6.45) is 14.0. The number of carbonyl (C=O) groups excluding carboxylic acids is 2. The molecule has 1 saturated carbocycles. The molecular formula is C26H33N3O3. The monoisotopic (exact) mass is 435 g/mol. The van der Waals surface area contributed by atoms with E-state index in [1.807, 2.05) is 0 Å². The van der Waals surface area contributed by atoms with Crippen molar-refractivity contribution in [3.8, 4) is 6.07 Å². The van der Waals surface area contributed by atoms with Crippen molar-refractivity contribution in [3.63, 3.8) is 0 Å². The number of carbonyl (C=O) groups is 2. The van der Waals surface area contributed by atoms with Gasteiger partial charge in [-0.3, -0.25) is 14.2 Å². The molecule has 3 aliphatic carbocycles. The highest BCUT2D eigenvalue weighted by molar-refractivity contribution is 5.83. The fraction of sp³-hybridized carbons (Fsp3) is 0.615. The lowest BCUT2D eigenvalue weighted by atomic mass is 9.53. The number of allylic oxidation sites excluding steroid dienone is 3. The molecule has 0 saturated heterocycles. The highest BCUT2D eigenvalue weighted by Gasteiger charge is 2.48. The topological polar surface area (TPSA) is 85.0 Å². The lowest BCUT2D eigenvalue weighted by Gasteiger charge is -2.52. The summed E-state index contributed by atoms with van der Waals surface area (Å²) in [6, 6.07) is 2.20. The fourth-order valence-electron chi connectivity index (χ4n) is 6.60. The van der Waals surface area contributed by atoms with Gasteiger partial charge in [0.1, 0.15) is 24.2 Å². The van der Waals surface area contributed by atoms with E-state index in [2.05, 4.69) is 31.0 Å². The van der Waals surface area contributed by atoms with Crippen LogP contribution in [-0.4, -0.2) is 27.9 Å². The Morgan fingerprint density at radius 1 is 1.38 bits per heavy atom. The maximum atomic E-state index is 12.1. The average molecular weight is 436 g/mol. The molecule has 5 unspecified atom stereocenters. The van der Waals surface area contributed by atoms with Crippen LogP contribution in [0.15, 0.2) is 29.7 Å². The summed E-state index contributed by atoms with van der Waals surface area (Å²) in [6.45, 7) is 6.17. The Morgan fingerprint density at radius 2 is 2.19 bits per heavy atom. The Hall–Kier alpha value is -2.68. The van der Waals surface area contributed by atoms with Crippen LogP contribution in [0, 0.1) is 34.5 Å². The molecule has 1 aromatic rings. The number of aldehydes is 1. The van der Waals surface area contributed by atoms with Gasteiger partial charge in [0.25, 0.3) is 0 Å². The first kappa shape index (κ1) is 22.5. The Kier molecular flexibility index (Phi) is 6.37. The molecule has 4 rings (SSSR count). The summed E-state index contributed by atoms with van der Waals surface area (Å²) in [5.41, 5.74) is 3.77. The van der Waals surface area contributed by atoms with Crippen LogP contribution in [0.3, 0.4) is 0 Å². The first-order valence-electron chi connectivity index (χ1n) is 11.8. The first-order valence-corrected chi connectivity index (χ1v) is 11.8. The van der Waals surface area contributed by atoms with Gasteiger partial charge in [-0.1, -0.05) is 25.5 Å². The van der Waals surface area contributed by atoms with E-state index in [-0.39, 0.29) is 17.5 Å². The predicted molar refractivity (Wildman–Crippen MR) is 121 cm³/mol. The van der Waals surface area contributed by atoms with Crippen LogP contribution >= 0.6 is 0 Å². The molecule has 170 valence electrons. The number of nitriles is 1. The molecule has 3 aliphatic rings. The number of esters is 1. The molecular weight excluding hydrogens is 402 g/mol. The molecule has 0 N–H and O–H groups in total. The van der Waals surface area contributed by atoms with E-state index in [4.69, 9.17) is 4.74 Å². The van der Waals surface area contributed by atoms with Crippen LogP contribution in [0.5, 0.6) is 0 Å². The highest BCUT2D eigenvalue weighted by Crippen LogP contribution is 2.57. The van der Waals surface area contributed by atoms with Crippen LogP contribution in [0.2, 0.25) is 0 Å². The van der Waals surface area contributed by atoms with Gasteiger partial charge in [0, 0.05) is 24.6 Å². The van der Waals surface area contributed by atoms with Gasteiger partial charge in [-0.2, -0.15) is 5.26 Å². The summed E-state index contributed by atoms with van der Waals surface area (Å²) >= 11 is 0. The van der Waals surface area contributed by atoms with Gasteiger partial charge in [-0.25, -0.2) is 4.98 Å². The van der Waals surface area contributed by atoms with E-state index in [0.717, 1.165) is 68.9 Å². The molecule has 1 heterocycles. The number of imidazole rings is 1. The van der Waals surface area contributed by atoms with Crippen molar-refractivity contribution >= 4 is 18.0 Å². The Labute approximate surface area is 190 Å². The molecule has 1 aromatic heterocycles. The molecule has 0 aromatic carbocycles. The van der Waals surface area contributed by atoms with E-state index in [1.54, 1.807) is 17.1 Å². The van der Waals surface area contributed by atoms with Crippen molar-refractivity contribution in [2.24, 2.45) is 23.2 Å². The van der Waals surface area contributed by atoms with Crippen molar-refractivity contribution in [1.82, 2.24) is 9.55 Å². The molecule has 0 spiro atoms. The van der Waals surface area contributed by atoms with Crippen molar-refractivity contribution in [2.45, 2.75) is 78.2 Å². The van der Waals surface area contributed by atoms with Gasteiger partial charge in [0.2, 0.25) is 0 Å². The first-order chi connectivity index (χ1) is 15.4. The number of rotatable bonds is 3. The number of aromatic nitrogens is 2. The van der Waals surface area contributed by atoms with Crippen LogP contribution in [0.1, 0.15) is 77.8 Å². The normalized spacial score (nSPS) is 32.9. The maximum Gasteiger partial charge on any atom is 0.302 e.